The second kappa shape index (κ2) is 6.34. The van der Waals surface area contributed by atoms with Crippen molar-refractivity contribution in [1.29, 1.82) is 0 Å². The molecule has 1 heterocycles. The SMILES string of the molecule is CCc1ccc(CCc2ccc3c(c2)CCC(C)N3)cc1. The molecule has 1 N–H and O–H groups in total. The van der Waals surface area contributed by atoms with Crippen molar-refractivity contribution in [1.82, 2.24) is 0 Å². The molecule has 1 nitrogen and oxygen atoms in total. The van der Waals surface area contributed by atoms with Gasteiger partial charge in [-0.05, 0) is 67.3 Å². The van der Waals surface area contributed by atoms with E-state index in [-0.39, 0.29) is 0 Å². The van der Waals surface area contributed by atoms with E-state index in [2.05, 4.69) is 61.6 Å². The Morgan fingerprint density at radius 3 is 2.38 bits per heavy atom. The molecule has 1 aliphatic heterocycles. The minimum Gasteiger partial charge on any atom is -0.382 e. The zero-order chi connectivity index (χ0) is 14.7. The van der Waals surface area contributed by atoms with Gasteiger partial charge in [0.2, 0.25) is 0 Å². The average Bonchev–Trinajstić information content (AvgIpc) is 2.53. The predicted molar refractivity (Wildman–Crippen MR) is 91.1 cm³/mol. The molecule has 0 radical (unpaired) electrons. The summed E-state index contributed by atoms with van der Waals surface area (Å²) in [6.45, 7) is 4.47. The fourth-order valence-corrected chi connectivity index (χ4v) is 3.09. The Balaban J connectivity index is 1.65. The molecule has 0 aliphatic carbocycles. The molecule has 0 spiro atoms. The summed E-state index contributed by atoms with van der Waals surface area (Å²) < 4.78 is 0. The molecule has 0 bridgehead atoms. The molecular formula is C20H25N. The second-order valence-electron chi connectivity index (χ2n) is 6.25. The largest absolute Gasteiger partial charge is 0.382 e. The molecular weight excluding hydrogens is 254 g/mol. The van der Waals surface area contributed by atoms with E-state index in [4.69, 9.17) is 0 Å². The average molecular weight is 279 g/mol. The summed E-state index contributed by atoms with van der Waals surface area (Å²) in [4.78, 5) is 0. The maximum Gasteiger partial charge on any atom is 0.0374 e. The molecule has 1 atom stereocenters. The fraction of sp³-hybridized carbons (Fsp3) is 0.400. The summed E-state index contributed by atoms with van der Waals surface area (Å²) in [7, 11) is 0. The van der Waals surface area contributed by atoms with Gasteiger partial charge in [-0.2, -0.15) is 0 Å². The monoisotopic (exact) mass is 279 g/mol. The van der Waals surface area contributed by atoms with Gasteiger partial charge < -0.3 is 5.32 Å². The highest BCUT2D eigenvalue weighted by Crippen LogP contribution is 2.26. The number of aryl methyl sites for hydroxylation is 4. The van der Waals surface area contributed by atoms with Gasteiger partial charge in [-0.3, -0.25) is 0 Å². The van der Waals surface area contributed by atoms with Crippen LogP contribution >= 0.6 is 0 Å². The lowest BCUT2D eigenvalue weighted by atomic mass is 9.95. The normalized spacial score (nSPS) is 17.1. The minimum absolute atomic E-state index is 0.612. The molecule has 1 aliphatic rings. The number of fused-ring (bicyclic) bond motifs is 1. The van der Waals surface area contributed by atoms with Crippen LogP contribution in [0.1, 0.15) is 42.5 Å². The first kappa shape index (κ1) is 14.2. The maximum absolute atomic E-state index is 3.57. The van der Waals surface area contributed by atoms with Crippen molar-refractivity contribution in [2.75, 3.05) is 5.32 Å². The standard InChI is InChI=1S/C20H25N/c1-3-16-5-7-17(8-6-16)9-10-18-11-13-20-19(14-18)12-4-15(2)21-20/h5-8,11,13-15,21H,3-4,9-10,12H2,1-2H3. The van der Waals surface area contributed by atoms with Crippen molar-refractivity contribution in [3.8, 4) is 0 Å². The highest BCUT2D eigenvalue weighted by Gasteiger charge is 2.13. The van der Waals surface area contributed by atoms with E-state index in [1.165, 1.54) is 40.8 Å². The van der Waals surface area contributed by atoms with Crippen LogP contribution in [0.2, 0.25) is 0 Å². The molecule has 0 fully saturated rings. The lowest BCUT2D eigenvalue weighted by molar-refractivity contribution is 0.680. The Bertz CT molecular complexity index is 598. The van der Waals surface area contributed by atoms with E-state index in [1.54, 1.807) is 0 Å². The third kappa shape index (κ3) is 3.47. The number of rotatable bonds is 4. The molecule has 0 saturated carbocycles. The van der Waals surface area contributed by atoms with Crippen LogP contribution in [-0.2, 0) is 25.7 Å². The smallest absolute Gasteiger partial charge is 0.0374 e. The van der Waals surface area contributed by atoms with E-state index in [0.717, 1.165) is 19.3 Å². The van der Waals surface area contributed by atoms with Crippen molar-refractivity contribution >= 4 is 5.69 Å². The highest BCUT2D eigenvalue weighted by molar-refractivity contribution is 5.55. The van der Waals surface area contributed by atoms with Crippen molar-refractivity contribution in [3.05, 3.63) is 64.7 Å². The third-order valence-electron chi connectivity index (χ3n) is 4.55. The van der Waals surface area contributed by atoms with Gasteiger partial charge in [-0.15, -0.1) is 0 Å². The zero-order valence-electron chi connectivity index (χ0n) is 13.2. The van der Waals surface area contributed by atoms with Gasteiger partial charge in [0.25, 0.3) is 0 Å². The molecule has 1 unspecified atom stereocenters. The first-order chi connectivity index (χ1) is 10.2. The summed E-state index contributed by atoms with van der Waals surface area (Å²) in [6.07, 6.45) is 5.84. The van der Waals surface area contributed by atoms with Gasteiger partial charge in [0, 0.05) is 11.7 Å². The topological polar surface area (TPSA) is 12.0 Å². The Kier molecular flexibility index (Phi) is 4.28. The summed E-state index contributed by atoms with van der Waals surface area (Å²) in [6, 6.07) is 16.6. The molecule has 2 aromatic carbocycles. The van der Waals surface area contributed by atoms with Crippen LogP contribution in [0.5, 0.6) is 0 Å². The molecule has 110 valence electrons. The Morgan fingerprint density at radius 2 is 1.62 bits per heavy atom. The van der Waals surface area contributed by atoms with Crippen LogP contribution in [0, 0.1) is 0 Å². The van der Waals surface area contributed by atoms with Gasteiger partial charge in [0.05, 0.1) is 0 Å². The molecule has 0 saturated heterocycles. The minimum atomic E-state index is 0.612. The summed E-state index contributed by atoms with van der Waals surface area (Å²) in [5.41, 5.74) is 7.16. The number of hydrogen-bond donors (Lipinski definition) is 1. The van der Waals surface area contributed by atoms with Crippen LogP contribution in [0.4, 0.5) is 5.69 Å². The van der Waals surface area contributed by atoms with Crippen LogP contribution in [-0.4, -0.2) is 6.04 Å². The second-order valence-corrected chi connectivity index (χ2v) is 6.25. The number of anilines is 1. The molecule has 3 rings (SSSR count). The van der Waals surface area contributed by atoms with Crippen molar-refractivity contribution in [3.63, 3.8) is 0 Å². The van der Waals surface area contributed by atoms with Crippen molar-refractivity contribution in [2.45, 2.75) is 52.0 Å². The number of hydrogen-bond acceptors (Lipinski definition) is 1. The van der Waals surface area contributed by atoms with E-state index >= 15 is 0 Å². The summed E-state index contributed by atoms with van der Waals surface area (Å²) >= 11 is 0. The third-order valence-corrected chi connectivity index (χ3v) is 4.55. The molecule has 0 aromatic heterocycles. The first-order valence-corrected chi connectivity index (χ1v) is 8.20. The molecule has 1 heteroatoms. The Labute approximate surface area is 128 Å². The van der Waals surface area contributed by atoms with Crippen LogP contribution < -0.4 is 5.32 Å². The van der Waals surface area contributed by atoms with Crippen LogP contribution in [0.25, 0.3) is 0 Å². The van der Waals surface area contributed by atoms with Gasteiger partial charge in [-0.1, -0.05) is 43.3 Å². The van der Waals surface area contributed by atoms with Gasteiger partial charge in [0.15, 0.2) is 0 Å². The van der Waals surface area contributed by atoms with Crippen molar-refractivity contribution < 1.29 is 0 Å². The quantitative estimate of drug-likeness (QED) is 0.849. The summed E-state index contributed by atoms with van der Waals surface area (Å²) in [5.74, 6) is 0. The molecule has 21 heavy (non-hydrogen) atoms. The van der Waals surface area contributed by atoms with E-state index < -0.39 is 0 Å². The maximum atomic E-state index is 3.57. The van der Waals surface area contributed by atoms with E-state index in [1.807, 2.05) is 0 Å². The van der Waals surface area contributed by atoms with Gasteiger partial charge >= 0.3 is 0 Å². The molecule has 2 aromatic rings. The fourth-order valence-electron chi connectivity index (χ4n) is 3.09. The lowest BCUT2D eigenvalue weighted by Crippen LogP contribution is -2.21. The predicted octanol–water partition coefficient (Wildman–Crippen LogP) is 4.78. The number of nitrogens with one attached hydrogen (secondary N) is 1. The zero-order valence-corrected chi connectivity index (χ0v) is 13.2. The van der Waals surface area contributed by atoms with E-state index in [0.29, 0.717) is 6.04 Å². The Morgan fingerprint density at radius 1 is 0.952 bits per heavy atom. The van der Waals surface area contributed by atoms with Crippen LogP contribution in [0.15, 0.2) is 42.5 Å². The van der Waals surface area contributed by atoms with Gasteiger partial charge in [0.1, 0.15) is 0 Å². The van der Waals surface area contributed by atoms with Crippen LogP contribution in [0.3, 0.4) is 0 Å². The Hall–Kier alpha value is -1.76. The van der Waals surface area contributed by atoms with Crippen molar-refractivity contribution in [2.24, 2.45) is 0 Å². The first-order valence-electron chi connectivity index (χ1n) is 8.20. The highest BCUT2D eigenvalue weighted by atomic mass is 14.9. The lowest BCUT2D eigenvalue weighted by Gasteiger charge is -2.24. The number of benzene rings is 2. The van der Waals surface area contributed by atoms with E-state index in [9.17, 15) is 0 Å². The summed E-state index contributed by atoms with van der Waals surface area (Å²) in [5, 5.41) is 3.57. The van der Waals surface area contributed by atoms with Gasteiger partial charge in [-0.25, -0.2) is 0 Å². The molecule has 0 amide bonds.